The van der Waals surface area contributed by atoms with Gasteiger partial charge in [-0.2, -0.15) is 14.8 Å². The highest BCUT2D eigenvalue weighted by molar-refractivity contribution is 7.89. The van der Waals surface area contributed by atoms with E-state index in [1.165, 1.54) is 35.6 Å². The van der Waals surface area contributed by atoms with Gasteiger partial charge >= 0.3 is 0 Å². The Balaban J connectivity index is 1.53. The van der Waals surface area contributed by atoms with Gasteiger partial charge in [-0.25, -0.2) is 8.42 Å². The molecule has 2 amide bonds. The minimum Gasteiger partial charge on any atom is -0.454 e. The molecule has 4 rings (SSSR count). The average molecular weight is 580 g/mol. The van der Waals surface area contributed by atoms with E-state index in [0.717, 1.165) is 14.7 Å². The van der Waals surface area contributed by atoms with Crippen molar-refractivity contribution < 1.29 is 27.5 Å². The molecule has 1 aliphatic heterocycles. The average Bonchev–Trinajstić information content (AvgIpc) is 3.52. The second-order valence-electron chi connectivity index (χ2n) is 8.78. The van der Waals surface area contributed by atoms with Gasteiger partial charge in [0.05, 0.1) is 22.6 Å². The highest BCUT2D eigenvalue weighted by Gasteiger charge is 2.25. The van der Waals surface area contributed by atoms with Crippen LogP contribution in [-0.4, -0.2) is 44.4 Å². The van der Waals surface area contributed by atoms with Gasteiger partial charge in [-0.1, -0.05) is 6.07 Å². The summed E-state index contributed by atoms with van der Waals surface area (Å²) in [5.41, 5.74) is 7.60. The zero-order valence-electron chi connectivity index (χ0n) is 21.5. The Morgan fingerprint density at radius 3 is 2.33 bits per heavy atom. The third kappa shape index (κ3) is 6.07. The van der Waals surface area contributed by atoms with Gasteiger partial charge in [0, 0.05) is 42.8 Å². The van der Waals surface area contributed by atoms with Gasteiger partial charge < -0.3 is 20.5 Å². The van der Waals surface area contributed by atoms with Crippen LogP contribution in [0.5, 0.6) is 11.5 Å². The van der Waals surface area contributed by atoms with Crippen molar-refractivity contribution in [3.05, 3.63) is 69.6 Å². The number of nitrogens with zero attached hydrogens (tertiary/aromatic N) is 3. The number of ether oxygens (including phenoxy) is 2. The number of amides is 2. The van der Waals surface area contributed by atoms with Crippen molar-refractivity contribution in [2.24, 2.45) is 5.73 Å². The molecular formula is C27H25N5O6S2. The van der Waals surface area contributed by atoms with Crippen LogP contribution in [0.1, 0.15) is 49.6 Å². The van der Waals surface area contributed by atoms with Gasteiger partial charge in [-0.05, 0) is 54.4 Å². The fraction of sp³-hybridized carbons (Fsp3) is 0.259. The zero-order valence-corrected chi connectivity index (χ0v) is 23.1. The fourth-order valence-corrected chi connectivity index (χ4v) is 6.84. The lowest BCUT2D eigenvalue weighted by Gasteiger charge is -2.20. The van der Waals surface area contributed by atoms with E-state index >= 15 is 0 Å². The van der Waals surface area contributed by atoms with Gasteiger partial charge in [-0.3, -0.25) is 9.59 Å². The number of nitriles is 2. The van der Waals surface area contributed by atoms with E-state index in [1.54, 1.807) is 6.92 Å². The van der Waals surface area contributed by atoms with Gasteiger partial charge in [0.25, 0.3) is 11.8 Å². The first-order chi connectivity index (χ1) is 19.1. The number of hydrogen-bond donors (Lipinski definition) is 2. The lowest BCUT2D eigenvalue weighted by Crippen LogP contribution is -2.32. The Bertz CT molecular complexity index is 1620. The molecule has 1 aromatic heterocycles. The molecule has 0 bridgehead atoms. The molecule has 3 N–H and O–H groups in total. The van der Waals surface area contributed by atoms with Crippen molar-refractivity contribution in [1.29, 1.82) is 10.5 Å². The molecule has 0 aliphatic carbocycles. The molecule has 11 nitrogen and oxygen atoms in total. The van der Waals surface area contributed by atoms with Crippen LogP contribution in [-0.2, 0) is 16.4 Å². The van der Waals surface area contributed by atoms with Gasteiger partial charge in [0.2, 0.25) is 16.8 Å². The Labute approximate surface area is 235 Å². The second-order valence-corrected chi connectivity index (χ2v) is 11.8. The maximum Gasteiger partial charge on any atom is 0.256 e. The molecular weight excluding hydrogens is 554 g/mol. The van der Waals surface area contributed by atoms with E-state index in [1.807, 2.05) is 30.3 Å². The minimum absolute atomic E-state index is 0.0236. The number of nitrogens with one attached hydrogen (secondary N) is 1. The Kier molecular flexibility index (Phi) is 8.70. The largest absolute Gasteiger partial charge is 0.454 e. The predicted molar refractivity (Wildman–Crippen MR) is 147 cm³/mol. The number of fused-ring (bicyclic) bond motifs is 1. The van der Waals surface area contributed by atoms with Gasteiger partial charge in [0.1, 0.15) is 5.00 Å². The van der Waals surface area contributed by atoms with Crippen molar-refractivity contribution in [2.75, 3.05) is 25.2 Å². The number of carbonyl (C=O) groups is 2. The van der Waals surface area contributed by atoms with E-state index < -0.39 is 21.8 Å². The molecule has 0 atom stereocenters. The van der Waals surface area contributed by atoms with Crippen LogP contribution in [0.2, 0.25) is 0 Å². The molecule has 0 saturated heterocycles. The van der Waals surface area contributed by atoms with Crippen LogP contribution in [0.3, 0.4) is 0 Å². The van der Waals surface area contributed by atoms with E-state index in [4.69, 9.17) is 25.7 Å². The molecule has 2 aromatic carbocycles. The number of hydrogen-bond acceptors (Lipinski definition) is 9. The van der Waals surface area contributed by atoms with Crippen LogP contribution < -0.4 is 20.5 Å². The Hall–Kier alpha value is -4.43. The smallest absolute Gasteiger partial charge is 0.256 e. The topological polar surface area (TPSA) is 176 Å². The molecule has 0 fully saturated rings. The molecule has 40 heavy (non-hydrogen) atoms. The van der Waals surface area contributed by atoms with Crippen molar-refractivity contribution >= 4 is 38.2 Å². The van der Waals surface area contributed by atoms with E-state index in [-0.39, 0.29) is 48.7 Å². The zero-order chi connectivity index (χ0) is 28.9. The maximum absolute atomic E-state index is 13.1. The summed E-state index contributed by atoms with van der Waals surface area (Å²) in [7, 11) is -3.98. The Morgan fingerprint density at radius 2 is 1.70 bits per heavy atom. The molecule has 2 heterocycles. The highest BCUT2D eigenvalue weighted by atomic mass is 32.2. The maximum atomic E-state index is 13.1. The number of rotatable bonds is 11. The number of primary amides is 1. The lowest BCUT2D eigenvalue weighted by molar-refractivity contribution is 0.100. The summed E-state index contributed by atoms with van der Waals surface area (Å²) in [4.78, 5) is 26.1. The van der Waals surface area contributed by atoms with Crippen molar-refractivity contribution in [1.82, 2.24) is 4.31 Å². The summed E-state index contributed by atoms with van der Waals surface area (Å²) in [5.74, 6) is 0.0674. The van der Waals surface area contributed by atoms with Crippen LogP contribution >= 0.6 is 11.3 Å². The minimum atomic E-state index is -3.98. The first-order valence-electron chi connectivity index (χ1n) is 12.1. The molecule has 0 unspecified atom stereocenters. The highest BCUT2D eigenvalue weighted by Crippen LogP contribution is 2.37. The van der Waals surface area contributed by atoms with E-state index in [0.29, 0.717) is 28.5 Å². The van der Waals surface area contributed by atoms with Gasteiger partial charge in [-0.15, -0.1) is 11.3 Å². The molecule has 3 aromatic rings. The van der Waals surface area contributed by atoms with Crippen molar-refractivity contribution in [3.8, 4) is 23.6 Å². The SMILES string of the molecule is Cc1c(Cc2ccc3c(c2)OCO3)sc(NC(=O)c2ccc(S(=O)(=O)N(CCC#N)CCC#N)cc2)c1C(N)=O. The second kappa shape index (κ2) is 12.2. The van der Waals surface area contributed by atoms with Gasteiger partial charge in [0.15, 0.2) is 11.5 Å². The quantitative estimate of drug-likeness (QED) is 0.347. The first kappa shape index (κ1) is 28.6. The summed E-state index contributed by atoms with van der Waals surface area (Å²) in [6.45, 7) is 1.82. The first-order valence-corrected chi connectivity index (χ1v) is 14.4. The Morgan fingerprint density at radius 1 is 1.05 bits per heavy atom. The normalized spacial score (nSPS) is 12.1. The van der Waals surface area contributed by atoms with Crippen molar-refractivity contribution in [2.45, 2.75) is 31.1 Å². The molecule has 1 aliphatic rings. The summed E-state index contributed by atoms with van der Waals surface area (Å²) >= 11 is 1.23. The number of nitrogens with two attached hydrogens (primary N) is 1. The summed E-state index contributed by atoms with van der Waals surface area (Å²) in [6, 6.07) is 14.7. The number of sulfonamides is 1. The van der Waals surface area contributed by atoms with E-state index in [9.17, 15) is 18.0 Å². The van der Waals surface area contributed by atoms with Crippen molar-refractivity contribution in [3.63, 3.8) is 0 Å². The number of carbonyl (C=O) groups excluding carboxylic acids is 2. The lowest BCUT2D eigenvalue weighted by atomic mass is 10.1. The molecule has 0 spiro atoms. The third-order valence-electron chi connectivity index (χ3n) is 6.22. The number of thiophene rings is 1. The summed E-state index contributed by atoms with van der Waals surface area (Å²) < 4.78 is 37.9. The summed E-state index contributed by atoms with van der Waals surface area (Å²) in [6.07, 6.45) is 0.429. The third-order valence-corrected chi connectivity index (χ3v) is 9.34. The molecule has 0 radical (unpaired) electrons. The van der Waals surface area contributed by atoms with Crippen LogP contribution in [0, 0.1) is 29.6 Å². The number of benzene rings is 2. The standard InChI is InChI=1S/C27H25N5O6S2/c1-17-23(15-18-4-9-21-22(14-18)38-16-37-21)39-27(24(17)25(30)33)31-26(34)19-5-7-20(8-6-19)40(35,36)32(12-2-10-28)13-3-11-29/h4-9,14H,2-3,12-13,15-16H2,1H3,(H2,30,33)(H,31,34). The number of anilines is 1. The summed E-state index contributed by atoms with van der Waals surface area (Å²) in [5, 5.41) is 20.7. The van der Waals surface area contributed by atoms with Crippen LogP contribution in [0.4, 0.5) is 5.00 Å². The molecule has 0 saturated carbocycles. The molecule has 206 valence electrons. The molecule has 13 heteroatoms. The van der Waals surface area contributed by atoms with Crippen LogP contribution in [0.15, 0.2) is 47.4 Å². The monoisotopic (exact) mass is 579 g/mol. The van der Waals surface area contributed by atoms with E-state index in [2.05, 4.69) is 5.32 Å². The predicted octanol–water partition coefficient (Wildman–Crippen LogP) is 3.55. The van der Waals surface area contributed by atoms with Crippen LogP contribution in [0.25, 0.3) is 0 Å². The fourth-order valence-electron chi connectivity index (χ4n) is 4.15.